The Morgan fingerprint density at radius 1 is 1.33 bits per heavy atom. The zero-order valence-corrected chi connectivity index (χ0v) is 11.3. The first kappa shape index (κ1) is 14.6. The van der Waals surface area contributed by atoms with Gasteiger partial charge in [0.25, 0.3) is 5.91 Å². The van der Waals surface area contributed by atoms with E-state index in [1.807, 2.05) is 20.8 Å². The van der Waals surface area contributed by atoms with E-state index in [4.69, 9.17) is 11.6 Å². The van der Waals surface area contributed by atoms with Crippen LogP contribution in [0.5, 0.6) is 0 Å². The molecule has 96 valence electrons. The number of hydrogen-bond acceptors (Lipinski definition) is 2. The Bertz CT molecular complexity index is 452. The molecular formula is C12H16BClN2O2. The number of nitrogens with one attached hydrogen (secondary N) is 2. The van der Waals surface area contributed by atoms with E-state index in [1.165, 1.54) is 0 Å². The first-order valence-corrected chi connectivity index (χ1v) is 6.29. The second kappa shape index (κ2) is 7.06. The summed E-state index contributed by atoms with van der Waals surface area (Å²) in [6, 6.07) is 5.19. The minimum absolute atomic E-state index is 0.0255. The van der Waals surface area contributed by atoms with Gasteiger partial charge in [0, 0.05) is 10.6 Å². The molecule has 18 heavy (non-hydrogen) atoms. The van der Waals surface area contributed by atoms with Gasteiger partial charge in [0.05, 0.1) is 6.54 Å². The Hall–Kier alpha value is -1.49. The highest BCUT2D eigenvalue weighted by Gasteiger charge is 2.11. The van der Waals surface area contributed by atoms with Crippen LogP contribution in [0.25, 0.3) is 0 Å². The van der Waals surface area contributed by atoms with E-state index in [-0.39, 0.29) is 18.4 Å². The SMILES string of the molecule is BCNC(=O)CNC(=O)c1cc(Cl)ccc1CC. The largest absolute Gasteiger partial charge is 0.363 e. The lowest BCUT2D eigenvalue weighted by Gasteiger charge is -2.09. The van der Waals surface area contributed by atoms with Crippen molar-refractivity contribution in [3.63, 3.8) is 0 Å². The standard InChI is InChI=1S/C12H16BClN2O2/c1-2-8-3-4-9(14)5-10(8)12(18)15-6-11(17)16-7-13/h3-5H,2,6-7,13H2,1H3,(H,15,18)(H,16,17). The fraction of sp³-hybridized carbons (Fsp3) is 0.333. The van der Waals surface area contributed by atoms with Crippen LogP contribution in [0.4, 0.5) is 0 Å². The molecule has 4 nitrogen and oxygen atoms in total. The lowest BCUT2D eigenvalue weighted by Crippen LogP contribution is -2.37. The molecule has 2 N–H and O–H groups in total. The van der Waals surface area contributed by atoms with E-state index < -0.39 is 0 Å². The molecule has 1 aromatic carbocycles. The lowest BCUT2D eigenvalue weighted by molar-refractivity contribution is -0.119. The summed E-state index contributed by atoms with van der Waals surface area (Å²) in [7, 11) is 1.83. The van der Waals surface area contributed by atoms with Crippen LogP contribution in [-0.2, 0) is 11.2 Å². The summed E-state index contributed by atoms with van der Waals surface area (Å²) in [5.41, 5.74) is 1.43. The van der Waals surface area contributed by atoms with Crippen molar-refractivity contribution in [2.24, 2.45) is 0 Å². The van der Waals surface area contributed by atoms with Gasteiger partial charge in [-0.15, -0.1) is 0 Å². The molecule has 1 aromatic rings. The van der Waals surface area contributed by atoms with E-state index in [0.29, 0.717) is 17.0 Å². The number of hydrogen-bond donors (Lipinski definition) is 2. The summed E-state index contributed by atoms with van der Waals surface area (Å²) in [6.07, 6.45) is 1.28. The molecule has 0 aromatic heterocycles. The van der Waals surface area contributed by atoms with Crippen molar-refractivity contribution in [3.8, 4) is 0 Å². The second-order valence-corrected chi connectivity index (χ2v) is 4.23. The van der Waals surface area contributed by atoms with Crippen LogP contribution >= 0.6 is 11.6 Å². The highest BCUT2D eigenvalue weighted by Crippen LogP contribution is 2.16. The molecule has 2 amide bonds. The highest BCUT2D eigenvalue weighted by atomic mass is 35.5. The van der Waals surface area contributed by atoms with Gasteiger partial charge in [-0.1, -0.05) is 24.6 Å². The minimum atomic E-state index is -0.277. The third-order valence-electron chi connectivity index (χ3n) is 2.48. The van der Waals surface area contributed by atoms with Crippen LogP contribution in [-0.4, -0.2) is 32.6 Å². The van der Waals surface area contributed by atoms with Gasteiger partial charge >= 0.3 is 0 Å². The molecule has 0 bridgehead atoms. The molecule has 0 aliphatic heterocycles. The van der Waals surface area contributed by atoms with E-state index >= 15 is 0 Å². The number of aryl methyl sites for hydroxylation is 1. The lowest BCUT2D eigenvalue weighted by atomic mass is 10.0. The van der Waals surface area contributed by atoms with Gasteiger partial charge in [0.2, 0.25) is 5.91 Å². The van der Waals surface area contributed by atoms with Crippen molar-refractivity contribution in [2.75, 3.05) is 13.0 Å². The van der Waals surface area contributed by atoms with Gasteiger partial charge in [-0.05, 0) is 30.6 Å². The van der Waals surface area contributed by atoms with Crippen molar-refractivity contribution in [1.82, 2.24) is 10.6 Å². The summed E-state index contributed by atoms with van der Waals surface area (Å²) in [5.74, 6) is -0.480. The van der Waals surface area contributed by atoms with Crippen molar-refractivity contribution >= 4 is 31.3 Å². The quantitative estimate of drug-likeness (QED) is 0.755. The van der Waals surface area contributed by atoms with Crippen LogP contribution in [0.15, 0.2) is 18.2 Å². The Morgan fingerprint density at radius 2 is 2.06 bits per heavy atom. The van der Waals surface area contributed by atoms with Crippen LogP contribution in [0.2, 0.25) is 5.02 Å². The molecule has 0 radical (unpaired) electrons. The summed E-state index contributed by atoms with van der Waals surface area (Å²) in [6.45, 7) is 1.94. The Labute approximate surface area is 112 Å². The zero-order chi connectivity index (χ0) is 13.5. The van der Waals surface area contributed by atoms with Gasteiger partial charge < -0.3 is 10.6 Å². The summed E-state index contributed by atoms with van der Waals surface area (Å²) in [5, 5.41) is 5.70. The summed E-state index contributed by atoms with van der Waals surface area (Å²) >= 11 is 5.87. The zero-order valence-electron chi connectivity index (χ0n) is 10.5. The van der Waals surface area contributed by atoms with E-state index in [2.05, 4.69) is 10.6 Å². The number of carbonyl (C=O) groups is 2. The first-order chi connectivity index (χ1) is 8.58. The van der Waals surface area contributed by atoms with Crippen molar-refractivity contribution in [1.29, 1.82) is 0 Å². The van der Waals surface area contributed by atoms with Crippen molar-refractivity contribution < 1.29 is 9.59 Å². The topological polar surface area (TPSA) is 58.2 Å². The number of halogens is 1. The molecule has 0 fully saturated rings. The van der Waals surface area contributed by atoms with Gasteiger partial charge in [-0.2, -0.15) is 0 Å². The number of benzene rings is 1. The number of amides is 2. The van der Waals surface area contributed by atoms with E-state index in [0.717, 1.165) is 12.0 Å². The molecule has 0 aliphatic carbocycles. The second-order valence-electron chi connectivity index (χ2n) is 3.79. The van der Waals surface area contributed by atoms with Crippen LogP contribution in [0, 0.1) is 0 Å². The molecule has 1 rings (SSSR count). The summed E-state index contributed by atoms with van der Waals surface area (Å²) < 4.78 is 0. The maximum atomic E-state index is 11.9. The molecular weight excluding hydrogens is 250 g/mol. The predicted octanol–water partition coefficient (Wildman–Crippen LogP) is 0.339. The Balaban J connectivity index is 2.71. The fourth-order valence-corrected chi connectivity index (χ4v) is 1.76. The molecule has 0 unspecified atom stereocenters. The normalized spacial score (nSPS) is 9.89. The molecule has 0 spiro atoms. The van der Waals surface area contributed by atoms with E-state index in [1.54, 1.807) is 12.1 Å². The molecule has 0 saturated carbocycles. The number of rotatable bonds is 5. The van der Waals surface area contributed by atoms with Gasteiger partial charge in [0.15, 0.2) is 0 Å². The molecule has 0 saturated heterocycles. The Morgan fingerprint density at radius 3 is 2.67 bits per heavy atom. The highest BCUT2D eigenvalue weighted by molar-refractivity contribution is 6.31. The van der Waals surface area contributed by atoms with Crippen molar-refractivity contribution in [3.05, 3.63) is 34.3 Å². The van der Waals surface area contributed by atoms with Gasteiger partial charge in [0.1, 0.15) is 7.85 Å². The summed E-state index contributed by atoms with van der Waals surface area (Å²) in [4.78, 5) is 23.2. The number of carbonyl (C=O) groups excluding carboxylic acids is 2. The first-order valence-electron chi connectivity index (χ1n) is 5.91. The van der Waals surface area contributed by atoms with Gasteiger partial charge in [-0.3, -0.25) is 9.59 Å². The molecule has 6 heteroatoms. The van der Waals surface area contributed by atoms with Gasteiger partial charge in [-0.25, -0.2) is 0 Å². The Kier molecular flexibility index (Phi) is 5.72. The van der Waals surface area contributed by atoms with Crippen LogP contribution < -0.4 is 10.6 Å². The molecule has 0 heterocycles. The monoisotopic (exact) mass is 266 g/mol. The maximum Gasteiger partial charge on any atom is 0.252 e. The molecule has 0 atom stereocenters. The predicted molar refractivity (Wildman–Crippen MR) is 74.7 cm³/mol. The fourth-order valence-electron chi connectivity index (χ4n) is 1.58. The molecule has 0 aliphatic rings. The maximum absolute atomic E-state index is 11.9. The van der Waals surface area contributed by atoms with Crippen molar-refractivity contribution in [2.45, 2.75) is 13.3 Å². The van der Waals surface area contributed by atoms with Crippen LogP contribution in [0.1, 0.15) is 22.8 Å². The smallest absolute Gasteiger partial charge is 0.252 e. The third-order valence-corrected chi connectivity index (χ3v) is 2.72. The van der Waals surface area contributed by atoms with Crippen LogP contribution in [0.3, 0.4) is 0 Å². The average Bonchev–Trinajstić information content (AvgIpc) is 2.36. The average molecular weight is 267 g/mol. The minimum Gasteiger partial charge on any atom is -0.363 e. The van der Waals surface area contributed by atoms with E-state index in [9.17, 15) is 9.59 Å². The third kappa shape index (κ3) is 4.07.